The fourth-order valence-corrected chi connectivity index (χ4v) is 4.61. The van der Waals surface area contributed by atoms with Crippen molar-refractivity contribution in [3.05, 3.63) is 51.9 Å². The van der Waals surface area contributed by atoms with E-state index in [0.29, 0.717) is 28.7 Å². The third-order valence-corrected chi connectivity index (χ3v) is 5.96. The number of aryl methyl sites for hydroxylation is 1. The molecule has 5 rings (SSSR count). The summed E-state index contributed by atoms with van der Waals surface area (Å²) < 4.78 is 12.1. The van der Waals surface area contributed by atoms with Crippen LogP contribution in [0.1, 0.15) is 54.4 Å². The Morgan fingerprint density at radius 2 is 1.69 bits per heavy atom. The second-order valence-corrected chi connectivity index (χ2v) is 7.64. The van der Waals surface area contributed by atoms with E-state index in [4.69, 9.17) is 9.15 Å². The maximum atomic E-state index is 13.0. The van der Waals surface area contributed by atoms with Gasteiger partial charge < -0.3 is 9.15 Å². The first kappa shape index (κ1) is 15.6. The van der Waals surface area contributed by atoms with Crippen LogP contribution in [0.4, 0.5) is 0 Å². The molecule has 1 saturated carbocycles. The molecule has 0 radical (unpaired) electrons. The minimum atomic E-state index is -0.377. The second kappa shape index (κ2) is 5.44. The third-order valence-electron chi connectivity index (χ3n) is 5.96. The fraction of sp³-hybridized carbons (Fsp3) is 0.364. The Morgan fingerprint density at radius 1 is 0.962 bits per heavy atom. The van der Waals surface area contributed by atoms with Crippen LogP contribution >= 0.6 is 0 Å². The lowest BCUT2D eigenvalue weighted by atomic mass is 9.78. The van der Waals surface area contributed by atoms with E-state index >= 15 is 0 Å². The maximum Gasteiger partial charge on any atom is 0.344 e. The van der Waals surface area contributed by atoms with Crippen LogP contribution in [0.2, 0.25) is 0 Å². The number of hydrogen-bond donors (Lipinski definition) is 0. The topological polar surface area (TPSA) is 56.5 Å². The number of carbonyl (C=O) groups is 1. The van der Waals surface area contributed by atoms with Crippen LogP contribution in [-0.2, 0) is 0 Å². The first-order chi connectivity index (χ1) is 12.6. The molecule has 1 aliphatic carbocycles. The molecule has 132 valence electrons. The molecule has 0 saturated heterocycles. The van der Waals surface area contributed by atoms with Gasteiger partial charge in [-0.25, -0.2) is 4.79 Å². The van der Waals surface area contributed by atoms with E-state index in [-0.39, 0.29) is 17.0 Å². The molecule has 2 aliphatic rings. The van der Waals surface area contributed by atoms with Gasteiger partial charge in [-0.05, 0) is 50.1 Å². The lowest BCUT2D eigenvalue weighted by molar-refractivity contribution is 0.0131. The van der Waals surface area contributed by atoms with Gasteiger partial charge in [0, 0.05) is 10.9 Å². The Bertz CT molecular complexity index is 1120. The number of carbonyl (C=O) groups excluding carboxylic acids is 1. The lowest BCUT2D eigenvalue weighted by Gasteiger charge is -2.41. The molecule has 26 heavy (non-hydrogen) atoms. The van der Waals surface area contributed by atoms with Crippen LogP contribution in [0.3, 0.4) is 0 Å². The first-order valence-corrected chi connectivity index (χ1v) is 9.29. The van der Waals surface area contributed by atoms with Gasteiger partial charge in [-0.3, -0.25) is 4.79 Å². The first-order valence-electron chi connectivity index (χ1n) is 9.29. The molecule has 1 spiro atoms. The number of rotatable bonds is 0. The van der Waals surface area contributed by atoms with Crippen LogP contribution in [-0.4, -0.2) is 11.4 Å². The van der Waals surface area contributed by atoms with Crippen LogP contribution < -0.4 is 10.4 Å². The molecule has 3 aromatic rings. The van der Waals surface area contributed by atoms with Crippen molar-refractivity contribution in [2.24, 2.45) is 0 Å². The van der Waals surface area contributed by atoms with Crippen LogP contribution in [0, 0.1) is 6.92 Å². The maximum absolute atomic E-state index is 13.0. The molecule has 1 aromatic heterocycles. The molecule has 0 N–H and O–H groups in total. The van der Waals surface area contributed by atoms with E-state index in [1.54, 1.807) is 6.07 Å². The van der Waals surface area contributed by atoms with Crippen molar-refractivity contribution in [2.75, 3.05) is 0 Å². The van der Waals surface area contributed by atoms with Gasteiger partial charge in [0.25, 0.3) is 0 Å². The SMILES string of the molecule is Cc1c2c(cc3c1oc(=O)c1ccccc13)C(=O)CC1(CCCCC1)O2. The van der Waals surface area contributed by atoms with Gasteiger partial charge in [-0.1, -0.05) is 24.6 Å². The molecule has 0 unspecified atom stereocenters. The van der Waals surface area contributed by atoms with Gasteiger partial charge in [0.1, 0.15) is 16.9 Å². The summed E-state index contributed by atoms with van der Waals surface area (Å²) in [5, 5.41) is 2.15. The summed E-state index contributed by atoms with van der Waals surface area (Å²) in [6.45, 7) is 1.88. The monoisotopic (exact) mass is 348 g/mol. The third kappa shape index (κ3) is 2.14. The van der Waals surface area contributed by atoms with E-state index in [2.05, 4.69) is 0 Å². The van der Waals surface area contributed by atoms with Gasteiger partial charge in [0.15, 0.2) is 5.78 Å². The second-order valence-electron chi connectivity index (χ2n) is 7.64. The smallest absolute Gasteiger partial charge is 0.344 e. The van der Waals surface area contributed by atoms with Gasteiger partial charge in [-0.15, -0.1) is 0 Å². The van der Waals surface area contributed by atoms with Crippen LogP contribution in [0.25, 0.3) is 21.7 Å². The highest BCUT2D eigenvalue weighted by Crippen LogP contribution is 2.45. The average molecular weight is 348 g/mol. The highest BCUT2D eigenvalue weighted by Gasteiger charge is 2.42. The zero-order valence-electron chi connectivity index (χ0n) is 14.8. The van der Waals surface area contributed by atoms with Crippen molar-refractivity contribution in [3.63, 3.8) is 0 Å². The number of benzene rings is 2. The van der Waals surface area contributed by atoms with Crippen molar-refractivity contribution in [3.8, 4) is 5.75 Å². The number of fused-ring (bicyclic) bond motifs is 4. The van der Waals surface area contributed by atoms with Crippen LogP contribution in [0.5, 0.6) is 5.75 Å². The minimum absolute atomic E-state index is 0.133. The minimum Gasteiger partial charge on any atom is -0.486 e. The van der Waals surface area contributed by atoms with E-state index in [9.17, 15) is 9.59 Å². The molecule has 2 aromatic carbocycles. The zero-order valence-corrected chi connectivity index (χ0v) is 14.8. The Kier molecular flexibility index (Phi) is 3.27. The Morgan fingerprint density at radius 3 is 2.46 bits per heavy atom. The van der Waals surface area contributed by atoms with E-state index in [1.807, 2.05) is 31.2 Å². The Labute approximate surface area is 150 Å². The molecule has 4 heteroatoms. The van der Waals surface area contributed by atoms with Crippen molar-refractivity contribution in [1.29, 1.82) is 0 Å². The van der Waals surface area contributed by atoms with Gasteiger partial charge in [0.2, 0.25) is 0 Å². The van der Waals surface area contributed by atoms with E-state index in [0.717, 1.165) is 42.0 Å². The Balaban J connectivity index is 1.80. The molecule has 0 bridgehead atoms. The summed E-state index contributed by atoms with van der Waals surface area (Å²) in [5.41, 5.74) is 1.15. The molecule has 2 heterocycles. The fourth-order valence-electron chi connectivity index (χ4n) is 4.61. The summed E-state index contributed by atoms with van der Waals surface area (Å²) in [6.07, 6.45) is 5.65. The summed E-state index contributed by atoms with van der Waals surface area (Å²) >= 11 is 0. The predicted molar refractivity (Wildman–Crippen MR) is 100 cm³/mol. The van der Waals surface area contributed by atoms with Crippen molar-refractivity contribution in [2.45, 2.75) is 51.0 Å². The number of ether oxygens (including phenoxy) is 1. The summed E-state index contributed by atoms with van der Waals surface area (Å²) in [4.78, 5) is 25.4. The number of hydrogen-bond acceptors (Lipinski definition) is 4. The summed E-state index contributed by atoms with van der Waals surface area (Å²) in [7, 11) is 0. The molecule has 1 aliphatic heterocycles. The van der Waals surface area contributed by atoms with Gasteiger partial charge in [0.05, 0.1) is 17.4 Å². The predicted octanol–water partition coefficient (Wildman–Crippen LogP) is 4.92. The van der Waals surface area contributed by atoms with Crippen LogP contribution in [0.15, 0.2) is 39.5 Å². The van der Waals surface area contributed by atoms with E-state index in [1.165, 1.54) is 6.42 Å². The zero-order chi connectivity index (χ0) is 17.9. The van der Waals surface area contributed by atoms with Gasteiger partial charge in [-0.2, -0.15) is 0 Å². The largest absolute Gasteiger partial charge is 0.486 e. The molecule has 0 atom stereocenters. The molecular formula is C22H20O4. The summed E-state index contributed by atoms with van der Waals surface area (Å²) in [6, 6.07) is 9.21. The van der Waals surface area contributed by atoms with Gasteiger partial charge >= 0.3 is 5.63 Å². The Hall–Kier alpha value is -2.62. The molecule has 1 fully saturated rings. The summed E-state index contributed by atoms with van der Waals surface area (Å²) in [5.74, 6) is 0.738. The number of Topliss-reactive ketones (excluding diaryl/α,β-unsaturated/α-hetero) is 1. The van der Waals surface area contributed by atoms with E-state index < -0.39 is 0 Å². The highest BCUT2D eigenvalue weighted by atomic mass is 16.5. The van der Waals surface area contributed by atoms with Crippen molar-refractivity contribution >= 4 is 27.5 Å². The molecular weight excluding hydrogens is 328 g/mol. The highest BCUT2D eigenvalue weighted by molar-refractivity contribution is 6.11. The lowest BCUT2D eigenvalue weighted by Crippen LogP contribution is -2.43. The van der Waals surface area contributed by atoms with Crippen molar-refractivity contribution < 1.29 is 13.9 Å². The average Bonchev–Trinajstić information content (AvgIpc) is 2.65. The number of ketones is 1. The van der Waals surface area contributed by atoms with Crippen molar-refractivity contribution in [1.82, 2.24) is 0 Å². The standard InChI is InChI=1S/C22H20O4/c1-13-19-16(14-7-3-4-8-15(14)21(24)25-19)11-17-18(23)12-22(26-20(13)17)9-5-2-6-10-22/h3-4,7-8,11H,2,5-6,9-10,12H2,1H3. The quantitative estimate of drug-likeness (QED) is 0.427. The molecule has 4 nitrogen and oxygen atoms in total. The normalized spacial score (nSPS) is 18.9. The molecule has 0 amide bonds.